The number of halogens is 1. The molecule has 7 nitrogen and oxygen atoms in total. The average Bonchev–Trinajstić information content (AvgIpc) is 3.14. The van der Waals surface area contributed by atoms with Crippen LogP contribution >= 0.6 is 11.6 Å². The molecule has 1 aliphatic heterocycles. The van der Waals surface area contributed by atoms with Crippen LogP contribution in [0.4, 0.5) is 5.69 Å². The number of ether oxygens (including phenoxy) is 2. The van der Waals surface area contributed by atoms with Crippen molar-refractivity contribution in [1.82, 2.24) is 0 Å². The average molecular weight is 520 g/mol. The number of rotatable bonds is 6. The van der Waals surface area contributed by atoms with E-state index < -0.39 is 23.7 Å². The van der Waals surface area contributed by atoms with E-state index in [1.54, 1.807) is 44.2 Å². The van der Waals surface area contributed by atoms with Gasteiger partial charge in [0.25, 0.3) is 11.7 Å². The zero-order valence-electron chi connectivity index (χ0n) is 20.8. The second kappa shape index (κ2) is 10.5. The SMILES string of the molecule is COc1cc(/C(O)=C2\C(=O)C(=O)N(c3cccc(C(=O)OC(C)C)c3)C2c2cccc(C)c2)ccc1Cl. The summed E-state index contributed by atoms with van der Waals surface area (Å²) < 4.78 is 10.6. The Bertz CT molecular complexity index is 1430. The second-order valence-corrected chi connectivity index (χ2v) is 9.34. The van der Waals surface area contributed by atoms with Gasteiger partial charge in [-0.2, -0.15) is 0 Å². The third-order valence-corrected chi connectivity index (χ3v) is 6.24. The third-order valence-electron chi connectivity index (χ3n) is 5.93. The number of anilines is 1. The summed E-state index contributed by atoms with van der Waals surface area (Å²) in [6, 6.07) is 17.3. The molecule has 1 N–H and O–H groups in total. The molecule has 190 valence electrons. The summed E-state index contributed by atoms with van der Waals surface area (Å²) >= 11 is 6.14. The topological polar surface area (TPSA) is 93.1 Å². The Balaban J connectivity index is 1.91. The number of carbonyl (C=O) groups is 3. The predicted molar refractivity (Wildman–Crippen MR) is 141 cm³/mol. The molecule has 1 amide bonds. The number of methoxy groups -OCH3 is 1. The molecule has 1 saturated heterocycles. The molecule has 4 rings (SSSR count). The molecular formula is C29H26ClNO6. The van der Waals surface area contributed by atoms with E-state index in [0.29, 0.717) is 22.0 Å². The number of hydrogen-bond donors (Lipinski definition) is 1. The molecule has 1 unspecified atom stereocenters. The van der Waals surface area contributed by atoms with Crippen LogP contribution in [0.2, 0.25) is 5.02 Å². The lowest BCUT2D eigenvalue weighted by molar-refractivity contribution is -0.132. The number of nitrogens with zero attached hydrogens (tertiary/aromatic N) is 1. The van der Waals surface area contributed by atoms with E-state index >= 15 is 0 Å². The lowest BCUT2D eigenvalue weighted by atomic mass is 9.94. The molecule has 0 spiro atoms. The smallest absolute Gasteiger partial charge is 0.338 e. The van der Waals surface area contributed by atoms with Gasteiger partial charge in [-0.1, -0.05) is 47.5 Å². The van der Waals surface area contributed by atoms with Gasteiger partial charge in [0.15, 0.2) is 0 Å². The van der Waals surface area contributed by atoms with Crippen LogP contribution < -0.4 is 9.64 Å². The van der Waals surface area contributed by atoms with Gasteiger partial charge in [-0.15, -0.1) is 0 Å². The number of Topliss-reactive ketones (excluding diaryl/α,β-unsaturated/α-hetero) is 1. The van der Waals surface area contributed by atoms with E-state index in [0.717, 1.165) is 5.56 Å². The Morgan fingerprint density at radius 3 is 2.41 bits per heavy atom. The number of benzene rings is 3. The maximum Gasteiger partial charge on any atom is 0.338 e. The number of amides is 1. The van der Waals surface area contributed by atoms with Gasteiger partial charge in [-0.3, -0.25) is 14.5 Å². The molecule has 8 heteroatoms. The zero-order valence-corrected chi connectivity index (χ0v) is 21.6. The van der Waals surface area contributed by atoms with Gasteiger partial charge in [-0.05, 0) is 62.7 Å². The molecular weight excluding hydrogens is 494 g/mol. The van der Waals surface area contributed by atoms with Crippen molar-refractivity contribution in [3.05, 3.63) is 99.6 Å². The van der Waals surface area contributed by atoms with Crippen molar-refractivity contribution in [3.63, 3.8) is 0 Å². The minimum absolute atomic E-state index is 0.0878. The summed E-state index contributed by atoms with van der Waals surface area (Å²) in [4.78, 5) is 40.7. The lowest BCUT2D eigenvalue weighted by Crippen LogP contribution is -2.29. The van der Waals surface area contributed by atoms with Gasteiger partial charge >= 0.3 is 5.97 Å². The minimum atomic E-state index is -0.946. The van der Waals surface area contributed by atoms with Gasteiger partial charge in [0.05, 0.1) is 35.4 Å². The third kappa shape index (κ3) is 5.08. The van der Waals surface area contributed by atoms with Crippen LogP contribution in [0.3, 0.4) is 0 Å². The van der Waals surface area contributed by atoms with Crippen LogP contribution in [0.1, 0.15) is 46.9 Å². The fraction of sp³-hybridized carbons (Fsp3) is 0.207. The highest BCUT2D eigenvalue weighted by atomic mass is 35.5. The Labute approximate surface area is 219 Å². The number of aryl methyl sites for hydroxylation is 1. The first-order chi connectivity index (χ1) is 17.6. The van der Waals surface area contributed by atoms with Crippen molar-refractivity contribution in [2.45, 2.75) is 32.9 Å². The maximum atomic E-state index is 13.4. The van der Waals surface area contributed by atoms with Gasteiger partial charge in [0.1, 0.15) is 11.5 Å². The lowest BCUT2D eigenvalue weighted by Gasteiger charge is -2.26. The second-order valence-electron chi connectivity index (χ2n) is 8.94. The van der Waals surface area contributed by atoms with E-state index in [9.17, 15) is 19.5 Å². The number of aliphatic hydroxyl groups excluding tert-OH is 1. The molecule has 37 heavy (non-hydrogen) atoms. The highest BCUT2D eigenvalue weighted by Crippen LogP contribution is 2.43. The molecule has 0 aliphatic carbocycles. The number of carbonyl (C=O) groups excluding carboxylic acids is 3. The van der Waals surface area contributed by atoms with Crippen molar-refractivity contribution in [2.75, 3.05) is 12.0 Å². The first-order valence-corrected chi connectivity index (χ1v) is 12.0. The fourth-order valence-corrected chi connectivity index (χ4v) is 4.48. The van der Waals surface area contributed by atoms with Crippen molar-refractivity contribution >= 4 is 40.7 Å². The zero-order chi connectivity index (χ0) is 26.9. The molecule has 3 aromatic rings. The summed E-state index contributed by atoms with van der Waals surface area (Å²) in [5, 5.41) is 11.7. The Morgan fingerprint density at radius 1 is 1.00 bits per heavy atom. The Kier molecular flexibility index (Phi) is 7.36. The summed E-state index contributed by atoms with van der Waals surface area (Å²) in [5.41, 5.74) is 2.27. The quantitative estimate of drug-likeness (QED) is 0.190. The molecule has 1 heterocycles. The summed E-state index contributed by atoms with van der Waals surface area (Å²) in [7, 11) is 1.44. The van der Waals surface area contributed by atoms with Crippen LogP contribution in [0, 0.1) is 6.92 Å². The summed E-state index contributed by atoms with van der Waals surface area (Å²) in [6.07, 6.45) is -0.325. The van der Waals surface area contributed by atoms with Gasteiger partial charge in [-0.25, -0.2) is 4.79 Å². The Morgan fingerprint density at radius 2 is 1.73 bits per heavy atom. The van der Waals surface area contributed by atoms with Crippen LogP contribution in [-0.2, 0) is 14.3 Å². The molecule has 0 saturated carbocycles. The normalized spacial score (nSPS) is 16.8. The van der Waals surface area contributed by atoms with E-state index in [1.807, 2.05) is 25.1 Å². The maximum absolute atomic E-state index is 13.4. The first-order valence-electron chi connectivity index (χ1n) is 11.6. The monoisotopic (exact) mass is 519 g/mol. The molecule has 1 fully saturated rings. The predicted octanol–water partition coefficient (Wildman–Crippen LogP) is 5.85. The number of esters is 1. The molecule has 0 radical (unpaired) electrons. The minimum Gasteiger partial charge on any atom is -0.507 e. The van der Waals surface area contributed by atoms with Crippen LogP contribution in [0.5, 0.6) is 5.75 Å². The molecule has 0 aromatic heterocycles. The molecule has 3 aromatic carbocycles. The van der Waals surface area contributed by atoms with E-state index in [2.05, 4.69) is 0 Å². The van der Waals surface area contributed by atoms with Crippen molar-refractivity contribution < 1.29 is 29.0 Å². The van der Waals surface area contributed by atoms with Crippen LogP contribution in [0.15, 0.2) is 72.3 Å². The number of hydrogen-bond acceptors (Lipinski definition) is 6. The first kappa shape index (κ1) is 26.0. The molecule has 1 aliphatic rings. The van der Waals surface area contributed by atoms with E-state index in [4.69, 9.17) is 21.1 Å². The van der Waals surface area contributed by atoms with E-state index in [-0.39, 0.29) is 28.6 Å². The standard InChI is InChI=1S/C29H26ClNO6/c1-16(2)37-29(35)20-9-6-10-21(14-20)31-25(18-8-5-7-17(3)13-18)24(27(33)28(31)34)26(32)19-11-12-22(30)23(15-19)36-4/h5-16,25,32H,1-4H3/b26-24+. The largest absolute Gasteiger partial charge is 0.507 e. The number of ketones is 1. The van der Waals surface area contributed by atoms with Crippen molar-refractivity contribution in [1.29, 1.82) is 0 Å². The van der Waals surface area contributed by atoms with Gasteiger partial charge < -0.3 is 14.6 Å². The van der Waals surface area contributed by atoms with E-state index in [1.165, 1.54) is 30.2 Å². The van der Waals surface area contributed by atoms with Crippen molar-refractivity contribution in [2.24, 2.45) is 0 Å². The molecule has 0 bridgehead atoms. The highest BCUT2D eigenvalue weighted by Gasteiger charge is 2.47. The number of aliphatic hydroxyl groups is 1. The van der Waals surface area contributed by atoms with Crippen LogP contribution in [0.25, 0.3) is 5.76 Å². The summed E-state index contributed by atoms with van der Waals surface area (Å²) in [5.74, 6) is -2.29. The highest BCUT2D eigenvalue weighted by molar-refractivity contribution is 6.51. The van der Waals surface area contributed by atoms with Crippen LogP contribution in [-0.4, -0.2) is 36.0 Å². The van der Waals surface area contributed by atoms with Gasteiger partial charge in [0.2, 0.25) is 0 Å². The molecule has 1 atom stereocenters. The fourth-order valence-electron chi connectivity index (χ4n) is 4.28. The van der Waals surface area contributed by atoms with Crippen molar-refractivity contribution in [3.8, 4) is 5.75 Å². The van der Waals surface area contributed by atoms with Gasteiger partial charge in [0, 0.05) is 11.3 Å². The Hall–Kier alpha value is -4.10. The summed E-state index contributed by atoms with van der Waals surface area (Å²) in [6.45, 7) is 5.37.